The minimum atomic E-state index is -0.148. The first kappa shape index (κ1) is 14.6. The van der Waals surface area contributed by atoms with Crippen LogP contribution >= 0.6 is 11.6 Å². The van der Waals surface area contributed by atoms with Crippen molar-refractivity contribution in [3.05, 3.63) is 28.8 Å². The third-order valence-corrected chi connectivity index (χ3v) is 4.55. The summed E-state index contributed by atoms with van der Waals surface area (Å²) in [6.45, 7) is 3.33. The Balaban J connectivity index is 1.52. The highest BCUT2D eigenvalue weighted by Crippen LogP contribution is 2.22. The zero-order chi connectivity index (χ0) is 14.8. The van der Waals surface area contributed by atoms with E-state index in [0.717, 1.165) is 19.7 Å². The van der Waals surface area contributed by atoms with Crippen LogP contribution in [0.2, 0.25) is 5.02 Å². The van der Waals surface area contributed by atoms with E-state index in [2.05, 4.69) is 10.2 Å². The fourth-order valence-electron chi connectivity index (χ4n) is 3.00. The first-order chi connectivity index (χ1) is 10.1. The van der Waals surface area contributed by atoms with Crippen molar-refractivity contribution in [1.29, 1.82) is 0 Å². The molecule has 6 heteroatoms. The number of rotatable bonds is 3. The number of nitrogens with two attached hydrogens (primary N) is 1. The van der Waals surface area contributed by atoms with Gasteiger partial charge >= 0.3 is 0 Å². The summed E-state index contributed by atoms with van der Waals surface area (Å²) in [6, 6.07) is 5.48. The zero-order valence-electron chi connectivity index (χ0n) is 11.8. The summed E-state index contributed by atoms with van der Waals surface area (Å²) in [5.41, 5.74) is 6.65. The lowest BCUT2D eigenvalue weighted by atomic mass is 10.1. The van der Waals surface area contributed by atoms with Crippen molar-refractivity contribution >= 4 is 23.2 Å². The lowest BCUT2D eigenvalue weighted by Gasteiger charge is -2.35. The van der Waals surface area contributed by atoms with Crippen molar-refractivity contribution in [3.63, 3.8) is 0 Å². The van der Waals surface area contributed by atoms with Gasteiger partial charge in [-0.15, -0.1) is 0 Å². The molecule has 2 heterocycles. The van der Waals surface area contributed by atoms with Gasteiger partial charge in [-0.3, -0.25) is 9.69 Å². The second kappa shape index (κ2) is 6.22. The molecule has 0 spiro atoms. The van der Waals surface area contributed by atoms with Crippen LogP contribution in [0.3, 0.4) is 0 Å². The first-order valence-electron chi connectivity index (χ1n) is 7.32. The number of ether oxygens (including phenoxy) is 1. The molecule has 0 saturated carbocycles. The highest BCUT2D eigenvalue weighted by Gasteiger charge is 2.32. The summed E-state index contributed by atoms with van der Waals surface area (Å²) in [4.78, 5) is 14.6. The Morgan fingerprint density at radius 2 is 2.38 bits per heavy atom. The van der Waals surface area contributed by atoms with Gasteiger partial charge in [0.15, 0.2) is 0 Å². The summed E-state index contributed by atoms with van der Waals surface area (Å²) in [7, 11) is 0. The van der Waals surface area contributed by atoms with Gasteiger partial charge in [0.05, 0.1) is 23.4 Å². The number of nitrogens with zero attached hydrogens (tertiary/aromatic N) is 1. The third kappa shape index (κ3) is 3.31. The molecule has 2 atom stereocenters. The Morgan fingerprint density at radius 3 is 3.19 bits per heavy atom. The van der Waals surface area contributed by atoms with Crippen molar-refractivity contribution in [2.24, 2.45) is 0 Å². The van der Waals surface area contributed by atoms with Crippen molar-refractivity contribution in [2.45, 2.75) is 25.0 Å². The Labute approximate surface area is 129 Å². The van der Waals surface area contributed by atoms with E-state index in [0.29, 0.717) is 28.9 Å². The van der Waals surface area contributed by atoms with Crippen LogP contribution in [0.5, 0.6) is 0 Å². The number of nitrogens with one attached hydrogen (secondary N) is 1. The van der Waals surface area contributed by atoms with Gasteiger partial charge in [-0.2, -0.15) is 0 Å². The van der Waals surface area contributed by atoms with Crippen LogP contribution in [0.25, 0.3) is 0 Å². The van der Waals surface area contributed by atoms with Gasteiger partial charge in [-0.25, -0.2) is 0 Å². The lowest BCUT2D eigenvalue weighted by molar-refractivity contribution is -0.0461. The van der Waals surface area contributed by atoms with E-state index in [1.54, 1.807) is 18.2 Å². The fourth-order valence-corrected chi connectivity index (χ4v) is 3.12. The van der Waals surface area contributed by atoms with Crippen LogP contribution in [0.1, 0.15) is 23.2 Å². The van der Waals surface area contributed by atoms with Gasteiger partial charge in [-0.1, -0.05) is 11.6 Å². The highest BCUT2D eigenvalue weighted by atomic mass is 35.5. The van der Waals surface area contributed by atoms with E-state index in [1.807, 2.05) is 0 Å². The number of hydrogen-bond acceptors (Lipinski definition) is 4. The van der Waals surface area contributed by atoms with Gasteiger partial charge in [0.2, 0.25) is 0 Å². The third-order valence-electron chi connectivity index (χ3n) is 4.21. The molecule has 1 aromatic rings. The Bertz CT molecular complexity index is 538. The molecule has 2 unspecified atom stereocenters. The maximum atomic E-state index is 12.1. The molecular weight excluding hydrogens is 290 g/mol. The summed E-state index contributed by atoms with van der Waals surface area (Å²) >= 11 is 5.85. The molecule has 0 radical (unpaired) electrons. The number of carbonyl (C=O) groups is 1. The van der Waals surface area contributed by atoms with Crippen molar-refractivity contribution in [3.8, 4) is 0 Å². The SMILES string of the molecule is Nc1cc(C(=O)NCC2CN3CCCC3CO2)ccc1Cl. The molecule has 2 saturated heterocycles. The molecule has 3 rings (SSSR count). The molecule has 1 aromatic carbocycles. The molecule has 0 aliphatic carbocycles. The van der Waals surface area contributed by atoms with Crippen LogP contribution in [0.15, 0.2) is 18.2 Å². The van der Waals surface area contributed by atoms with Crippen LogP contribution < -0.4 is 11.1 Å². The normalized spacial score (nSPS) is 25.6. The van der Waals surface area contributed by atoms with Crippen LogP contribution in [0.4, 0.5) is 5.69 Å². The van der Waals surface area contributed by atoms with Crippen molar-refractivity contribution in [2.75, 3.05) is 32.0 Å². The van der Waals surface area contributed by atoms with E-state index < -0.39 is 0 Å². The Hall–Kier alpha value is -1.30. The van der Waals surface area contributed by atoms with Crippen molar-refractivity contribution < 1.29 is 9.53 Å². The summed E-state index contributed by atoms with van der Waals surface area (Å²) in [5.74, 6) is -0.148. The number of fused-ring (bicyclic) bond motifs is 1. The summed E-state index contributed by atoms with van der Waals surface area (Å²) < 4.78 is 5.82. The van der Waals surface area contributed by atoms with Gasteiger partial charge in [0.1, 0.15) is 0 Å². The van der Waals surface area contributed by atoms with E-state index >= 15 is 0 Å². The van der Waals surface area contributed by atoms with Gasteiger partial charge in [0.25, 0.3) is 5.91 Å². The number of morpholine rings is 1. The van der Waals surface area contributed by atoms with E-state index in [4.69, 9.17) is 22.1 Å². The number of anilines is 1. The molecule has 1 amide bonds. The molecule has 2 fully saturated rings. The molecule has 2 aliphatic rings. The number of halogens is 1. The average molecular weight is 310 g/mol. The number of hydrogen-bond donors (Lipinski definition) is 2. The van der Waals surface area contributed by atoms with E-state index in [9.17, 15) is 4.79 Å². The highest BCUT2D eigenvalue weighted by molar-refractivity contribution is 6.33. The topological polar surface area (TPSA) is 67.6 Å². The molecule has 114 valence electrons. The number of amides is 1. The number of benzene rings is 1. The van der Waals surface area contributed by atoms with Crippen LogP contribution in [-0.2, 0) is 4.74 Å². The summed E-state index contributed by atoms with van der Waals surface area (Å²) in [6.07, 6.45) is 2.54. The van der Waals surface area contributed by atoms with Gasteiger partial charge in [0, 0.05) is 24.7 Å². The molecule has 0 aromatic heterocycles. The minimum absolute atomic E-state index is 0.0629. The van der Waals surface area contributed by atoms with Gasteiger partial charge < -0.3 is 15.8 Å². The second-order valence-corrected chi connectivity index (χ2v) is 6.10. The monoisotopic (exact) mass is 309 g/mol. The smallest absolute Gasteiger partial charge is 0.251 e. The van der Waals surface area contributed by atoms with Crippen molar-refractivity contribution in [1.82, 2.24) is 10.2 Å². The number of nitrogen functional groups attached to an aromatic ring is 1. The molecule has 2 aliphatic heterocycles. The predicted octanol–water partition coefficient (Wildman–Crippen LogP) is 1.52. The number of carbonyl (C=O) groups excluding carboxylic acids is 1. The quantitative estimate of drug-likeness (QED) is 0.831. The first-order valence-corrected chi connectivity index (χ1v) is 7.70. The van der Waals surface area contributed by atoms with Gasteiger partial charge in [-0.05, 0) is 37.6 Å². The maximum Gasteiger partial charge on any atom is 0.251 e. The fraction of sp³-hybridized carbons (Fsp3) is 0.533. The predicted molar refractivity (Wildman–Crippen MR) is 82.5 cm³/mol. The minimum Gasteiger partial charge on any atom is -0.398 e. The van der Waals surface area contributed by atoms with E-state index in [1.165, 1.54) is 12.8 Å². The lowest BCUT2D eigenvalue weighted by Crippen LogP contribution is -2.50. The Kier molecular flexibility index (Phi) is 4.33. The van der Waals surface area contributed by atoms with Crippen LogP contribution in [0, 0.1) is 0 Å². The van der Waals surface area contributed by atoms with Crippen LogP contribution in [-0.4, -0.2) is 49.2 Å². The molecular formula is C15H20ClN3O2. The molecule has 21 heavy (non-hydrogen) atoms. The maximum absolute atomic E-state index is 12.1. The van der Waals surface area contributed by atoms with E-state index in [-0.39, 0.29) is 12.0 Å². The zero-order valence-corrected chi connectivity index (χ0v) is 12.6. The Morgan fingerprint density at radius 1 is 1.52 bits per heavy atom. The average Bonchev–Trinajstić information content (AvgIpc) is 2.95. The molecule has 0 bridgehead atoms. The summed E-state index contributed by atoms with van der Waals surface area (Å²) in [5, 5.41) is 3.37. The largest absolute Gasteiger partial charge is 0.398 e. The molecule has 3 N–H and O–H groups in total. The standard InChI is InChI=1S/C15H20ClN3O2/c16-13-4-3-10(6-14(13)17)15(20)18-7-12-8-19-5-1-2-11(19)9-21-12/h3-4,6,11-12H,1-2,5,7-9,17H2,(H,18,20). The second-order valence-electron chi connectivity index (χ2n) is 5.69. The molecule has 5 nitrogen and oxygen atoms in total.